The summed E-state index contributed by atoms with van der Waals surface area (Å²) in [6, 6.07) is -2.21. The zero-order chi connectivity index (χ0) is 24.2. The van der Waals surface area contributed by atoms with Crippen LogP contribution in [0.3, 0.4) is 0 Å². The van der Waals surface area contributed by atoms with E-state index in [4.69, 9.17) is 0 Å². The molecule has 1 saturated carbocycles. The Morgan fingerprint density at radius 3 is 1.50 bits per heavy atom. The maximum absolute atomic E-state index is 12.0. The number of hydrogen-bond donors (Lipinski definition) is 4. The molecule has 1 saturated heterocycles. The lowest BCUT2D eigenvalue weighted by Crippen LogP contribution is -2.63. The summed E-state index contributed by atoms with van der Waals surface area (Å²) in [4.78, 5) is 52.2. The van der Waals surface area contributed by atoms with E-state index in [9.17, 15) is 39.6 Å². The van der Waals surface area contributed by atoms with Gasteiger partial charge >= 0.3 is 23.9 Å². The van der Waals surface area contributed by atoms with E-state index in [1.54, 1.807) is 20.8 Å². The van der Waals surface area contributed by atoms with Gasteiger partial charge in [0.25, 0.3) is 0 Å². The van der Waals surface area contributed by atoms with Gasteiger partial charge in [0.1, 0.15) is 12.1 Å². The van der Waals surface area contributed by atoms with Crippen molar-refractivity contribution in [3.05, 3.63) is 0 Å². The first-order valence-corrected chi connectivity index (χ1v) is 11.1. The summed E-state index contributed by atoms with van der Waals surface area (Å²) in [5, 5.41) is 38.6. The van der Waals surface area contributed by atoms with Crippen LogP contribution in [0.4, 0.5) is 0 Å². The molecule has 182 valence electrons. The minimum Gasteiger partial charge on any atom is -0.480 e. The third-order valence-corrected chi connectivity index (χ3v) is 7.19. The fourth-order valence-electron chi connectivity index (χ4n) is 5.33. The number of carboxylic acid groups (broad SMARTS) is 4. The highest BCUT2D eigenvalue weighted by Crippen LogP contribution is 2.37. The van der Waals surface area contributed by atoms with Crippen LogP contribution in [0.15, 0.2) is 0 Å². The molecule has 0 bridgehead atoms. The van der Waals surface area contributed by atoms with Crippen LogP contribution in [0.2, 0.25) is 0 Å². The summed E-state index contributed by atoms with van der Waals surface area (Å²) in [6.45, 7) is 4.15. The van der Waals surface area contributed by atoms with E-state index in [0.29, 0.717) is 19.3 Å². The molecule has 0 radical (unpaired) electrons. The van der Waals surface area contributed by atoms with E-state index in [0.717, 1.165) is 12.8 Å². The largest absolute Gasteiger partial charge is 0.480 e. The minimum atomic E-state index is -1.20. The summed E-state index contributed by atoms with van der Waals surface area (Å²) in [6.07, 6.45) is 3.49. The molecule has 1 heterocycles. The summed E-state index contributed by atoms with van der Waals surface area (Å²) in [5.41, 5.74) is -1.05. The van der Waals surface area contributed by atoms with Crippen LogP contribution < -0.4 is 0 Å². The zero-order valence-corrected chi connectivity index (χ0v) is 18.9. The van der Waals surface area contributed by atoms with Crippen LogP contribution in [0.25, 0.3) is 0 Å². The third-order valence-electron chi connectivity index (χ3n) is 7.19. The minimum absolute atomic E-state index is 0.140. The molecule has 0 amide bonds. The molecule has 4 atom stereocenters. The first kappa shape index (κ1) is 26.0. The van der Waals surface area contributed by atoms with Crippen molar-refractivity contribution in [1.82, 2.24) is 14.7 Å². The van der Waals surface area contributed by atoms with Crippen molar-refractivity contribution < 1.29 is 39.6 Å². The van der Waals surface area contributed by atoms with E-state index in [1.807, 2.05) is 9.80 Å². The summed E-state index contributed by atoms with van der Waals surface area (Å²) in [5.74, 6) is -4.45. The Labute approximate surface area is 187 Å². The van der Waals surface area contributed by atoms with E-state index < -0.39 is 54.6 Å². The van der Waals surface area contributed by atoms with Crippen molar-refractivity contribution in [3.8, 4) is 0 Å². The smallest absolute Gasteiger partial charge is 0.320 e. The molecule has 0 spiro atoms. The number of hydrogen-bond acceptors (Lipinski definition) is 7. The Hall–Kier alpha value is -2.24. The van der Waals surface area contributed by atoms with Crippen molar-refractivity contribution in [2.75, 3.05) is 26.2 Å². The number of rotatable bonds is 10. The zero-order valence-electron chi connectivity index (χ0n) is 18.9. The molecule has 11 heteroatoms. The monoisotopic (exact) mass is 457 g/mol. The van der Waals surface area contributed by atoms with Crippen LogP contribution in [0.1, 0.15) is 52.9 Å². The van der Waals surface area contributed by atoms with E-state index in [2.05, 4.69) is 0 Å². The van der Waals surface area contributed by atoms with Crippen LogP contribution in [-0.2, 0) is 19.2 Å². The third kappa shape index (κ3) is 5.57. The van der Waals surface area contributed by atoms with Crippen LogP contribution in [0, 0.1) is 0 Å². The highest BCUT2D eigenvalue weighted by atomic mass is 16.4. The Kier molecular flexibility index (Phi) is 8.60. The lowest BCUT2D eigenvalue weighted by atomic mass is 9.87. The van der Waals surface area contributed by atoms with Gasteiger partial charge in [-0.1, -0.05) is 19.8 Å². The van der Waals surface area contributed by atoms with Crippen molar-refractivity contribution >= 4 is 23.9 Å². The maximum atomic E-state index is 12.0. The van der Waals surface area contributed by atoms with Gasteiger partial charge in [-0.15, -0.1) is 0 Å². The van der Waals surface area contributed by atoms with Gasteiger partial charge in [0.05, 0.1) is 13.1 Å². The van der Waals surface area contributed by atoms with Crippen LogP contribution >= 0.6 is 0 Å². The van der Waals surface area contributed by atoms with Gasteiger partial charge < -0.3 is 20.4 Å². The predicted molar refractivity (Wildman–Crippen MR) is 114 cm³/mol. The second kappa shape index (κ2) is 10.6. The van der Waals surface area contributed by atoms with Crippen molar-refractivity contribution in [2.45, 2.75) is 82.6 Å². The molecule has 2 fully saturated rings. The van der Waals surface area contributed by atoms with Gasteiger partial charge in [-0.05, 0) is 33.1 Å². The second-order valence-electron chi connectivity index (χ2n) is 9.01. The molecular weight excluding hydrogens is 422 g/mol. The Morgan fingerprint density at radius 1 is 0.844 bits per heavy atom. The number of aliphatic carboxylic acids is 4. The highest BCUT2D eigenvalue weighted by Gasteiger charge is 2.51. The molecular formula is C21H35N3O8. The molecule has 0 aromatic heterocycles. The molecule has 1 aliphatic heterocycles. The number of carbonyl (C=O) groups is 4. The van der Waals surface area contributed by atoms with Gasteiger partial charge in [-0.3, -0.25) is 33.9 Å². The quantitative estimate of drug-likeness (QED) is 0.361. The highest BCUT2D eigenvalue weighted by molar-refractivity contribution is 5.74. The number of nitrogens with zero attached hydrogens (tertiary/aromatic N) is 3. The van der Waals surface area contributed by atoms with E-state index in [-0.39, 0.29) is 25.2 Å². The summed E-state index contributed by atoms with van der Waals surface area (Å²) in [7, 11) is 0. The maximum Gasteiger partial charge on any atom is 0.320 e. The Balaban J connectivity index is 2.66. The molecule has 4 N–H and O–H groups in total. The Bertz CT molecular complexity index is 676. The Morgan fingerprint density at radius 2 is 1.22 bits per heavy atom. The molecule has 2 aliphatic rings. The fourth-order valence-corrected chi connectivity index (χ4v) is 5.33. The molecule has 4 unspecified atom stereocenters. The van der Waals surface area contributed by atoms with Crippen molar-refractivity contribution in [2.24, 2.45) is 0 Å². The second-order valence-corrected chi connectivity index (χ2v) is 9.01. The van der Waals surface area contributed by atoms with Gasteiger partial charge in [-0.25, -0.2) is 0 Å². The van der Waals surface area contributed by atoms with E-state index in [1.165, 1.54) is 4.90 Å². The number of fused-ring (bicyclic) bond motifs is 1. The van der Waals surface area contributed by atoms with Crippen LogP contribution in [0.5, 0.6) is 0 Å². The number of carboxylic acids is 4. The molecule has 32 heavy (non-hydrogen) atoms. The first-order valence-electron chi connectivity index (χ1n) is 11.1. The first-order chi connectivity index (χ1) is 14.9. The molecule has 0 aromatic rings. The standard InChI is InChI=1S/C21H35N3O8/c1-4-21(22(9-17(25)26)10-18(27)28)11-23(13(2)19(29)30)15-7-5-6-8-16(15)24(12-21)14(3)20(31)32/h13-16H,4-12H2,1-3H3,(H,25,26)(H,27,28)(H,29,30)(H,31,32). The van der Waals surface area contributed by atoms with Crippen molar-refractivity contribution in [3.63, 3.8) is 0 Å². The predicted octanol–water partition coefficient (Wildman–Crippen LogP) is 0.481. The summed E-state index contributed by atoms with van der Waals surface area (Å²) >= 11 is 0. The van der Waals surface area contributed by atoms with Gasteiger partial charge in [0.2, 0.25) is 0 Å². The summed E-state index contributed by atoms with van der Waals surface area (Å²) < 4.78 is 0. The lowest BCUT2D eigenvalue weighted by Gasteiger charge is -2.46. The lowest BCUT2D eigenvalue weighted by molar-refractivity contribution is -0.150. The topological polar surface area (TPSA) is 159 Å². The normalized spacial score (nSPS) is 29.0. The van der Waals surface area contributed by atoms with Crippen molar-refractivity contribution in [1.29, 1.82) is 0 Å². The van der Waals surface area contributed by atoms with E-state index >= 15 is 0 Å². The molecule has 0 aromatic carbocycles. The average molecular weight is 458 g/mol. The van der Waals surface area contributed by atoms with Gasteiger partial charge in [-0.2, -0.15) is 0 Å². The molecule has 11 nitrogen and oxygen atoms in total. The van der Waals surface area contributed by atoms with Gasteiger partial charge in [0.15, 0.2) is 0 Å². The SMILES string of the molecule is CCC1(N(CC(=O)O)CC(=O)O)CN(C(C)C(=O)O)C2CCCCC2N(C(C)C(=O)O)C1. The molecule has 2 rings (SSSR count). The van der Waals surface area contributed by atoms with Crippen LogP contribution in [-0.4, -0.2) is 115 Å². The fraction of sp³-hybridized carbons (Fsp3) is 0.810. The average Bonchev–Trinajstić information content (AvgIpc) is 2.87. The molecule has 1 aliphatic carbocycles. The van der Waals surface area contributed by atoms with Gasteiger partial charge in [0, 0.05) is 30.7 Å².